The molecule has 0 aromatic carbocycles. The highest BCUT2D eigenvalue weighted by molar-refractivity contribution is 7.15. The van der Waals surface area contributed by atoms with Crippen LogP contribution in [-0.4, -0.2) is 22.3 Å². The van der Waals surface area contributed by atoms with Crippen molar-refractivity contribution in [3.8, 4) is 0 Å². The van der Waals surface area contributed by atoms with E-state index in [-0.39, 0.29) is 5.91 Å². The van der Waals surface area contributed by atoms with Crippen LogP contribution in [0.15, 0.2) is 6.20 Å². The predicted molar refractivity (Wildman–Crippen MR) is 74.1 cm³/mol. The van der Waals surface area contributed by atoms with Crippen LogP contribution in [0.4, 0.5) is 5.13 Å². The smallest absolute Gasteiger partial charge is 0.222 e. The highest BCUT2D eigenvalue weighted by Gasteiger charge is 2.24. The molecule has 1 amide bonds. The van der Waals surface area contributed by atoms with Gasteiger partial charge in [-0.25, -0.2) is 4.98 Å². The molecular formula is C13H21N3OS. The minimum absolute atomic E-state index is 0.269. The van der Waals surface area contributed by atoms with Crippen LogP contribution in [0.3, 0.4) is 0 Å². The molecule has 1 aliphatic heterocycles. The first-order chi connectivity index (χ1) is 8.56. The van der Waals surface area contributed by atoms with E-state index in [9.17, 15) is 4.79 Å². The van der Waals surface area contributed by atoms with Gasteiger partial charge in [0.15, 0.2) is 5.13 Å². The Kier molecular flexibility index (Phi) is 4.22. The van der Waals surface area contributed by atoms with E-state index in [4.69, 9.17) is 5.73 Å². The molecular weight excluding hydrogens is 246 g/mol. The molecule has 0 radical (unpaired) electrons. The number of nitrogens with two attached hydrogens (primary N) is 1. The van der Waals surface area contributed by atoms with E-state index in [1.165, 1.54) is 11.3 Å². The van der Waals surface area contributed by atoms with Crippen molar-refractivity contribution in [2.24, 2.45) is 11.8 Å². The van der Waals surface area contributed by atoms with Gasteiger partial charge in [0.2, 0.25) is 5.91 Å². The summed E-state index contributed by atoms with van der Waals surface area (Å²) in [5.41, 5.74) is 5.61. The van der Waals surface area contributed by atoms with Gasteiger partial charge in [0, 0.05) is 24.0 Å². The summed E-state index contributed by atoms with van der Waals surface area (Å²) in [5.74, 6) is 1.60. The van der Waals surface area contributed by atoms with Crippen molar-refractivity contribution < 1.29 is 4.79 Å². The molecule has 1 aliphatic rings. The van der Waals surface area contributed by atoms with Gasteiger partial charge < -0.3 is 10.6 Å². The number of hydrogen-bond donors (Lipinski definition) is 1. The van der Waals surface area contributed by atoms with Gasteiger partial charge in [-0.3, -0.25) is 4.79 Å². The second-order valence-corrected chi connectivity index (χ2v) is 6.46. The largest absolute Gasteiger partial charge is 0.375 e. The first-order valence-electron chi connectivity index (χ1n) is 6.54. The fraction of sp³-hybridized carbons (Fsp3) is 0.692. The second kappa shape index (κ2) is 5.69. The van der Waals surface area contributed by atoms with Crippen molar-refractivity contribution >= 4 is 22.4 Å². The van der Waals surface area contributed by atoms with E-state index in [0.29, 0.717) is 29.9 Å². The number of likely N-dealkylation sites (tertiary alicyclic amines) is 1. The van der Waals surface area contributed by atoms with Gasteiger partial charge in [-0.05, 0) is 24.7 Å². The Morgan fingerprint density at radius 2 is 2.33 bits per heavy atom. The summed E-state index contributed by atoms with van der Waals surface area (Å²) in [6.07, 6.45) is 4.59. The molecule has 4 nitrogen and oxygen atoms in total. The van der Waals surface area contributed by atoms with Crippen LogP contribution >= 0.6 is 11.3 Å². The molecule has 2 N–H and O–H groups in total. The molecule has 2 rings (SSSR count). The van der Waals surface area contributed by atoms with Crippen LogP contribution in [0.25, 0.3) is 0 Å². The molecule has 2 heterocycles. The van der Waals surface area contributed by atoms with Gasteiger partial charge in [0.25, 0.3) is 0 Å². The van der Waals surface area contributed by atoms with E-state index in [2.05, 4.69) is 18.8 Å². The third kappa shape index (κ3) is 3.22. The first-order valence-corrected chi connectivity index (χ1v) is 7.36. The molecule has 1 aromatic heterocycles. The minimum Gasteiger partial charge on any atom is -0.375 e. The highest BCUT2D eigenvalue weighted by Crippen LogP contribution is 2.26. The minimum atomic E-state index is 0.269. The molecule has 1 unspecified atom stereocenters. The van der Waals surface area contributed by atoms with E-state index >= 15 is 0 Å². The van der Waals surface area contributed by atoms with Crippen molar-refractivity contribution in [2.75, 3.05) is 12.3 Å². The summed E-state index contributed by atoms with van der Waals surface area (Å²) in [7, 11) is 0. The van der Waals surface area contributed by atoms with Crippen molar-refractivity contribution in [3.63, 3.8) is 0 Å². The van der Waals surface area contributed by atoms with Crippen LogP contribution < -0.4 is 5.73 Å². The van der Waals surface area contributed by atoms with Crippen LogP contribution in [0.5, 0.6) is 0 Å². The van der Waals surface area contributed by atoms with E-state index in [1.807, 2.05) is 4.90 Å². The van der Waals surface area contributed by atoms with Crippen molar-refractivity contribution in [1.82, 2.24) is 9.88 Å². The molecule has 0 spiro atoms. The number of carbonyl (C=O) groups is 1. The van der Waals surface area contributed by atoms with Crippen LogP contribution in [0, 0.1) is 11.8 Å². The number of rotatable bonds is 3. The van der Waals surface area contributed by atoms with E-state index in [0.717, 1.165) is 24.3 Å². The Bertz CT molecular complexity index is 416. The lowest BCUT2D eigenvalue weighted by Crippen LogP contribution is -2.29. The number of carbonyl (C=O) groups excluding carboxylic acids is 1. The fourth-order valence-corrected chi connectivity index (χ4v) is 3.18. The van der Waals surface area contributed by atoms with Crippen molar-refractivity contribution in [3.05, 3.63) is 11.1 Å². The Morgan fingerprint density at radius 1 is 1.56 bits per heavy atom. The standard InChI is InChI=1S/C13H21N3OS/c1-9(2)10-3-4-12(17)16(6-5-10)8-11-7-15-13(14)18-11/h7,9-10H,3-6,8H2,1-2H3,(H2,14,15). The quantitative estimate of drug-likeness (QED) is 0.915. The van der Waals surface area contributed by atoms with Crippen LogP contribution in [0.1, 0.15) is 38.0 Å². The SMILES string of the molecule is CC(C)C1CCC(=O)N(Cc2cnc(N)s2)CC1. The molecule has 18 heavy (non-hydrogen) atoms. The lowest BCUT2D eigenvalue weighted by atomic mass is 9.89. The van der Waals surface area contributed by atoms with Gasteiger partial charge in [-0.2, -0.15) is 0 Å². The third-order valence-corrected chi connectivity index (χ3v) is 4.52. The summed E-state index contributed by atoms with van der Waals surface area (Å²) < 4.78 is 0. The number of amides is 1. The van der Waals surface area contributed by atoms with Gasteiger partial charge in [-0.1, -0.05) is 13.8 Å². The number of aromatic nitrogens is 1. The van der Waals surface area contributed by atoms with Gasteiger partial charge >= 0.3 is 0 Å². The highest BCUT2D eigenvalue weighted by atomic mass is 32.1. The van der Waals surface area contributed by atoms with Crippen molar-refractivity contribution in [1.29, 1.82) is 0 Å². The molecule has 1 atom stereocenters. The molecule has 1 saturated heterocycles. The maximum atomic E-state index is 12.1. The summed E-state index contributed by atoms with van der Waals surface area (Å²) >= 11 is 1.47. The first kappa shape index (κ1) is 13.3. The molecule has 1 fully saturated rings. The second-order valence-electron chi connectivity index (χ2n) is 5.31. The summed E-state index contributed by atoms with van der Waals surface area (Å²) in [6, 6.07) is 0. The summed E-state index contributed by atoms with van der Waals surface area (Å²) in [5, 5.41) is 0.576. The maximum Gasteiger partial charge on any atom is 0.222 e. The van der Waals surface area contributed by atoms with Gasteiger partial charge in [-0.15, -0.1) is 11.3 Å². The maximum absolute atomic E-state index is 12.1. The predicted octanol–water partition coefficient (Wildman–Crippen LogP) is 2.51. The Morgan fingerprint density at radius 3 is 2.94 bits per heavy atom. The Balaban J connectivity index is 1.98. The number of nitrogens with zero attached hydrogens (tertiary/aromatic N) is 2. The third-order valence-electron chi connectivity index (χ3n) is 3.71. The lowest BCUT2D eigenvalue weighted by molar-refractivity contribution is -0.131. The van der Waals surface area contributed by atoms with E-state index in [1.54, 1.807) is 6.20 Å². The lowest BCUT2D eigenvalue weighted by Gasteiger charge is -2.21. The topological polar surface area (TPSA) is 59.2 Å². The van der Waals surface area contributed by atoms with Gasteiger partial charge in [0.1, 0.15) is 0 Å². The number of anilines is 1. The number of nitrogen functional groups attached to an aromatic ring is 1. The van der Waals surface area contributed by atoms with Gasteiger partial charge in [0.05, 0.1) is 6.54 Å². The average Bonchev–Trinajstić information content (AvgIpc) is 2.62. The number of hydrogen-bond acceptors (Lipinski definition) is 4. The van der Waals surface area contributed by atoms with Crippen LogP contribution in [0.2, 0.25) is 0 Å². The zero-order valence-corrected chi connectivity index (χ0v) is 11.9. The fourth-order valence-electron chi connectivity index (χ4n) is 2.48. The molecule has 0 aliphatic carbocycles. The van der Waals surface area contributed by atoms with Crippen LogP contribution in [-0.2, 0) is 11.3 Å². The molecule has 1 aromatic rings. The molecule has 5 heteroatoms. The van der Waals surface area contributed by atoms with Crippen molar-refractivity contribution in [2.45, 2.75) is 39.7 Å². The average molecular weight is 267 g/mol. The molecule has 0 saturated carbocycles. The monoisotopic (exact) mass is 267 g/mol. The summed E-state index contributed by atoms with van der Waals surface area (Å²) in [6.45, 7) is 6.02. The molecule has 100 valence electrons. The Labute approximate surface area is 112 Å². The van der Waals surface area contributed by atoms with E-state index < -0.39 is 0 Å². The molecule has 0 bridgehead atoms. The Hall–Kier alpha value is -1.10. The zero-order chi connectivity index (χ0) is 13.1. The zero-order valence-electron chi connectivity index (χ0n) is 11.1. The number of thiazole rings is 1. The normalized spacial score (nSPS) is 21.4. The summed E-state index contributed by atoms with van der Waals surface area (Å²) in [4.78, 5) is 19.1.